The molecule has 0 saturated heterocycles. The molecule has 0 aliphatic heterocycles. The van der Waals surface area contributed by atoms with Crippen molar-refractivity contribution in [2.45, 2.75) is 0 Å². The molecule has 0 N–H and O–H groups in total. The topological polar surface area (TPSA) is 51.8 Å². The van der Waals surface area contributed by atoms with Gasteiger partial charge in [-0.15, -0.1) is 0 Å². The molecule has 2 heterocycles. The molecule has 2 aromatic heterocycles. The van der Waals surface area contributed by atoms with E-state index in [0.717, 1.165) is 49.8 Å². The summed E-state index contributed by atoms with van der Waals surface area (Å²) in [6, 6.07) is 47.4. The van der Waals surface area contributed by atoms with Crippen molar-refractivity contribution in [2.24, 2.45) is 0 Å². The molecular weight excluding hydrogens is 502 g/mol. The molecule has 6 aromatic carbocycles. The molecule has 0 radical (unpaired) electrons. The molecule has 8 aromatic rings. The van der Waals surface area contributed by atoms with E-state index < -0.39 is 0 Å². The van der Waals surface area contributed by atoms with E-state index in [-0.39, 0.29) is 0 Å². The molecule has 0 atom stereocenters. The number of para-hydroxylation sites is 1. The number of aromatic nitrogens is 3. The Labute approximate surface area is 236 Å². The molecule has 0 spiro atoms. The van der Waals surface area contributed by atoms with Crippen molar-refractivity contribution in [1.29, 1.82) is 0 Å². The highest BCUT2D eigenvalue weighted by atomic mass is 16.3. The fourth-order valence-corrected chi connectivity index (χ4v) is 5.56. The minimum atomic E-state index is 0.627. The molecule has 0 aliphatic rings. The van der Waals surface area contributed by atoms with Crippen LogP contribution < -0.4 is 0 Å². The largest absolute Gasteiger partial charge is 0.455 e. The standard InChI is InChI=1S/C37H23N3O/c1-3-12-25(13-4-1)35-38-36(26-14-5-2-6-15-26)40-37(39-35)28-17-9-16-27(23-28)30-19-10-20-31-33-29-18-8-7-11-24(29)21-22-32(33)41-34(30)31/h1-23H. The quantitative estimate of drug-likeness (QED) is 0.230. The van der Waals surface area contributed by atoms with Crippen LogP contribution in [-0.4, -0.2) is 15.0 Å². The second-order valence-electron chi connectivity index (χ2n) is 10.1. The van der Waals surface area contributed by atoms with E-state index in [0.29, 0.717) is 17.5 Å². The van der Waals surface area contributed by atoms with Crippen LogP contribution in [0.5, 0.6) is 0 Å². The van der Waals surface area contributed by atoms with Gasteiger partial charge in [0.25, 0.3) is 0 Å². The normalized spacial score (nSPS) is 11.4. The average Bonchev–Trinajstić information content (AvgIpc) is 3.45. The molecule has 0 bridgehead atoms. The summed E-state index contributed by atoms with van der Waals surface area (Å²) in [7, 11) is 0. The van der Waals surface area contributed by atoms with Gasteiger partial charge in [-0.2, -0.15) is 0 Å². The van der Waals surface area contributed by atoms with E-state index in [2.05, 4.69) is 78.9 Å². The molecule has 0 unspecified atom stereocenters. The van der Waals surface area contributed by atoms with Gasteiger partial charge in [-0.3, -0.25) is 0 Å². The molecule has 41 heavy (non-hydrogen) atoms. The van der Waals surface area contributed by atoms with Crippen molar-refractivity contribution >= 4 is 32.7 Å². The molecular formula is C37H23N3O. The van der Waals surface area contributed by atoms with Gasteiger partial charge in [0, 0.05) is 33.0 Å². The number of hydrogen-bond donors (Lipinski definition) is 0. The smallest absolute Gasteiger partial charge is 0.164 e. The monoisotopic (exact) mass is 525 g/mol. The molecule has 0 fully saturated rings. The summed E-state index contributed by atoms with van der Waals surface area (Å²) in [6.07, 6.45) is 0. The van der Waals surface area contributed by atoms with E-state index in [1.807, 2.05) is 60.7 Å². The lowest BCUT2D eigenvalue weighted by Gasteiger charge is -2.10. The third kappa shape index (κ3) is 4.05. The Morgan fingerprint density at radius 1 is 0.415 bits per heavy atom. The highest BCUT2D eigenvalue weighted by molar-refractivity contribution is 6.20. The molecule has 4 heteroatoms. The maximum atomic E-state index is 6.50. The Hall–Kier alpha value is -5.61. The molecule has 192 valence electrons. The minimum absolute atomic E-state index is 0.627. The van der Waals surface area contributed by atoms with Gasteiger partial charge in [0.2, 0.25) is 0 Å². The zero-order valence-corrected chi connectivity index (χ0v) is 22.0. The van der Waals surface area contributed by atoms with Gasteiger partial charge >= 0.3 is 0 Å². The van der Waals surface area contributed by atoms with E-state index in [1.165, 1.54) is 10.8 Å². The van der Waals surface area contributed by atoms with Crippen LogP contribution in [0.3, 0.4) is 0 Å². The summed E-state index contributed by atoms with van der Waals surface area (Å²) in [5, 5.41) is 4.65. The Morgan fingerprint density at radius 2 is 0.976 bits per heavy atom. The van der Waals surface area contributed by atoms with E-state index >= 15 is 0 Å². The summed E-state index contributed by atoms with van der Waals surface area (Å²) in [5.74, 6) is 1.92. The number of hydrogen-bond acceptors (Lipinski definition) is 4. The fraction of sp³-hybridized carbons (Fsp3) is 0. The molecule has 8 rings (SSSR count). The minimum Gasteiger partial charge on any atom is -0.455 e. The summed E-state index contributed by atoms with van der Waals surface area (Å²) in [6.45, 7) is 0. The summed E-state index contributed by atoms with van der Waals surface area (Å²) in [4.78, 5) is 14.7. The van der Waals surface area contributed by atoms with Crippen LogP contribution in [0.1, 0.15) is 0 Å². The number of nitrogens with zero attached hydrogens (tertiary/aromatic N) is 3. The maximum Gasteiger partial charge on any atom is 0.164 e. The van der Waals surface area contributed by atoms with Crippen LogP contribution in [0, 0.1) is 0 Å². The van der Waals surface area contributed by atoms with Gasteiger partial charge < -0.3 is 4.42 Å². The third-order valence-electron chi connectivity index (χ3n) is 7.52. The first-order valence-corrected chi connectivity index (χ1v) is 13.6. The Kier molecular flexibility index (Phi) is 5.42. The predicted octanol–water partition coefficient (Wildman–Crippen LogP) is 9.59. The fourth-order valence-electron chi connectivity index (χ4n) is 5.56. The Bertz CT molecular complexity index is 2140. The lowest BCUT2D eigenvalue weighted by atomic mass is 9.98. The van der Waals surface area contributed by atoms with Crippen LogP contribution in [0.25, 0.3) is 78.0 Å². The summed E-state index contributed by atoms with van der Waals surface area (Å²) < 4.78 is 6.50. The van der Waals surface area contributed by atoms with Gasteiger partial charge in [-0.05, 0) is 28.5 Å². The van der Waals surface area contributed by atoms with Gasteiger partial charge in [-0.25, -0.2) is 15.0 Å². The summed E-state index contributed by atoms with van der Waals surface area (Å²) in [5.41, 5.74) is 6.65. The molecule has 0 amide bonds. The Balaban J connectivity index is 1.31. The number of furan rings is 1. The second kappa shape index (κ2) is 9.54. The molecule has 4 nitrogen and oxygen atoms in total. The number of fused-ring (bicyclic) bond motifs is 5. The maximum absolute atomic E-state index is 6.50. The van der Waals surface area contributed by atoms with Crippen molar-refractivity contribution in [2.75, 3.05) is 0 Å². The highest BCUT2D eigenvalue weighted by Crippen LogP contribution is 2.39. The van der Waals surface area contributed by atoms with Gasteiger partial charge in [0.1, 0.15) is 11.2 Å². The van der Waals surface area contributed by atoms with Crippen molar-refractivity contribution in [3.05, 3.63) is 140 Å². The van der Waals surface area contributed by atoms with Crippen LogP contribution in [0.4, 0.5) is 0 Å². The van der Waals surface area contributed by atoms with E-state index in [9.17, 15) is 0 Å². The molecule has 0 aliphatic carbocycles. The van der Waals surface area contributed by atoms with E-state index in [4.69, 9.17) is 19.4 Å². The van der Waals surface area contributed by atoms with E-state index in [1.54, 1.807) is 0 Å². The van der Waals surface area contributed by atoms with Crippen molar-refractivity contribution in [3.63, 3.8) is 0 Å². The van der Waals surface area contributed by atoms with Crippen molar-refractivity contribution in [3.8, 4) is 45.3 Å². The van der Waals surface area contributed by atoms with Crippen molar-refractivity contribution in [1.82, 2.24) is 15.0 Å². The first-order valence-electron chi connectivity index (χ1n) is 13.6. The van der Waals surface area contributed by atoms with Gasteiger partial charge in [0.15, 0.2) is 17.5 Å². The first-order chi connectivity index (χ1) is 20.3. The Morgan fingerprint density at radius 3 is 1.71 bits per heavy atom. The third-order valence-corrected chi connectivity index (χ3v) is 7.52. The average molecular weight is 526 g/mol. The van der Waals surface area contributed by atoms with Crippen LogP contribution in [0.15, 0.2) is 144 Å². The lowest BCUT2D eigenvalue weighted by Crippen LogP contribution is -2.00. The SMILES string of the molecule is c1ccc(-c2nc(-c3ccccc3)nc(-c3cccc(-c4cccc5c4oc4ccc6ccccc6c45)c3)n2)cc1. The lowest BCUT2D eigenvalue weighted by molar-refractivity contribution is 0.670. The predicted molar refractivity (Wildman–Crippen MR) is 166 cm³/mol. The zero-order valence-electron chi connectivity index (χ0n) is 22.0. The van der Waals surface area contributed by atoms with Crippen LogP contribution in [-0.2, 0) is 0 Å². The van der Waals surface area contributed by atoms with Crippen molar-refractivity contribution < 1.29 is 4.42 Å². The van der Waals surface area contributed by atoms with Gasteiger partial charge in [-0.1, -0.05) is 127 Å². The van der Waals surface area contributed by atoms with Crippen LogP contribution in [0.2, 0.25) is 0 Å². The zero-order chi connectivity index (χ0) is 27.2. The first kappa shape index (κ1) is 23.3. The number of rotatable bonds is 4. The number of benzene rings is 6. The second-order valence-corrected chi connectivity index (χ2v) is 10.1. The molecule has 0 saturated carbocycles. The van der Waals surface area contributed by atoms with Gasteiger partial charge in [0.05, 0.1) is 0 Å². The highest BCUT2D eigenvalue weighted by Gasteiger charge is 2.16. The summed E-state index contributed by atoms with van der Waals surface area (Å²) >= 11 is 0. The van der Waals surface area contributed by atoms with Crippen LogP contribution >= 0.6 is 0 Å².